The molecule has 0 amide bonds. The lowest BCUT2D eigenvalue weighted by molar-refractivity contribution is 0.660. The van der Waals surface area contributed by atoms with Crippen LogP contribution in [0.2, 0.25) is 0 Å². The molecule has 0 bridgehead atoms. The molecule has 2 nitrogen and oxygen atoms in total. The number of furan rings is 1. The predicted molar refractivity (Wildman–Crippen MR) is 125 cm³/mol. The zero-order valence-corrected chi connectivity index (χ0v) is 17.5. The molecule has 148 valence electrons. The minimum Gasteiger partial charge on any atom is -0.456 e. The summed E-state index contributed by atoms with van der Waals surface area (Å²) in [5.41, 5.74) is 8.50. The standard InChI is InChI=1S/C28H25NO/c1-17(2)18-8-5-9-22(12-18)28-23-16-25-24-13-19-6-3-4-7-20(19)14-26(24)30-27(25)15-21(23)10-11-29-28/h5,8-17H,3-4,6-7H2,1-2H3. The van der Waals surface area contributed by atoms with Crippen molar-refractivity contribution in [2.24, 2.45) is 0 Å². The molecule has 0 N–H and O–H groups in total. The second-order valence-electron chi connectivity index (χ2n) is 8.94. The van der Waals surface area contributed by atoms with Crippen molar-refractivity contribution < 1.29 is 4.42 Å². The van der Waals surface area contributed by atoms with Gasteiger partial charge in [-0.1, -0.05) is 32.0 Å². The molecule has 0 saturated carbocycles. The summed E-state index contributed by atoms with van der Waals surface area (Å²) in [7, 11) is 0. The van der Waals surface area contributed by atoms with Crippen molar-refractivity contribution >= 4 is 32.7 Å². The molecule has 1 aliphatic rings. The average molecular weight is 392 g/mol. The van der Waals surface area contributed by atoms with Gasteiger partial charge in [-0.2, -0.15) is 0 Å². The first-order valence-corrected chi connectivity index (χ1v) is 11.0. The van der Waals surface area contributed by atoms with E-state index in [0.717, 1.165) is 16.9 Å². The summed E-state index contributed by atoms with van der Waals surface area (Å²) in [6, 6.07) is 20.0. The fourth-order valence-corrected chi connectivity index (χ4v) is 4.95. The van der Waals surface area contributed by atoms with Crippen molar-refractivity contribution in [3.8, 4) is 11.3 Å². The van der Waals surface area contributed by atoms with Gasteiger partial charge >= 0.3 is 0 Å². The Morgan fingerprint density at radius 2 is 1.57 bits per heavy atom. The molecule has 2 heteroatoms. The fraction of sp³-hybridized carbons (Fsp3) is 0.250. The van der Waals surface area contributed by atoms with Crippen molar-refractivity contribution in [1.82, 2.24) is 4.98 Å². The lowest BCUT2D eigenvalue weighted by Crippen LogP contribution is -2.01. The summed E-state index contributed by atoms with van der Waals surface area (Å²) in [6.45, 7) is 4.47. The number of benzene rings is 3. The second kappa shape index (κ2) is 6.70. The topological polar surface area (TPSA) is 26.0 Å². The van der Waals surface area contributed by atoms with Gasteiger partial charge in [0.1, 0.15) is 11.2 Å². The molecule has 5 aromatic rings. The number of aryl methyl sites for hydroxylation is 2. The summed E-state index contributed by atoms with van der Waals surface area (Å²) >= 11 is 0. The maximum atomic E-state index is 6.30. The molecular weight excluding hydrogens is 366 g/mol. The van der Waals surface area contributed by atoms with Crippen molar-refractivity contribution in [3.63, 3.8) is 0 Å². The Bertz CT molecular complexity index is 1420. The zero-order valence-electron chi connectivity index (χ0n) is 17.5. The van der Waals surface area contributed by atoms with Gasteiger partial charge in [-0.25, -0.2) is 0 Å². The quantitative estimate of drug-likeness (QED) is 0.307. The Balaban J connectivity index is 1.62. The van der Waals surface area contributed by atoms with E-state index in [1.807, 2.05) is 6.20 Å². The summed E-state index contributed by atoms with van der Waals surface area (Å²) in [6.07, 6.45) is 6.84. The van der Waals surface area contributed by atoms with E-state index in [4.69, 9.17) is 9.40 Å². The van der Waals surface area contributed by atoms with Crippen LogP contribution < -0.4 is 0 Å². The van der Waals surface area contributed by atoms with Gasteiger partial charge in [0.05, 0.1) is 5.69 Å². The zero-order chi connectivity index (χ0) is 20.2. The molecule has 6 rings (SSSR count). The van der Waals surface area contributed by atoms with Gasteiger partial charge in [-0.05, 0) is 90.1 Å². The monoisotopic (exact) mass is 391 g/mol. The van der Waals surface area contributed by atoms with E-state index < -0.39 is 0 Å². The highest BCUT2D eigenvalue weighted by molar-refractivity contribution is 6.12. The maximum absolute atomic E-state index is 6.30. The largest absolute Gasteiger partial charge is 0.456 e. The van der Waals surface area contributed by atoms with Gasteiger partial charge in [0.15, 0.2) is 0 Å². The highest BCUT2D eigenvalue weighted by Gasteiger charge is 2.16. The van der Waals surface area contributed by atoms with Crippen molar-refractivity contribution in [2.45, 2.75) is 45.4 Å². The van der Waals surface area contributed by atoms with E-state index in [-0.39, 0.29) is 0 Å². The first-order valence-electron chi connectivity index (χ1n) is 11.0. The lowest BCUT2D eigenvalue weighted by atomic mass is 9.90. The van der Waals surface area contributed by atoms with E-state index in [2.05, 4.69) is 68.4 Å². The van der Waals surface area contributed by atoms with Crippen molar-refractivity contribution in [2.75, 3.05) is 0 Å². The molecule has 30 heavy (non-hydrogen) atoms. The van der Waals surface area contributed by atoms with Crippen LogP contribution >= 0.6 is 0 Å². The Kier molecular flexibility index (Phi) is 3.95. The van der Waals surface area contributed by atoms with Crippen LogP contribution in [-0.2, 0) is 12.8 Å². The molecule has 0 radical (unpaired) electrons. The second-order valence-corrected chi connectivity index (χ2v) is 8.94. The smallest absolute Gasteiger partial charge is 0.136 e. The van der Waals surface area contributed by atoms with Crippen LogP contribution in [0.1, 0.15) is 49.3 Å². The van der Waals surface area contributed by atoms with Crippen LogP contribution in [0.15, 0.2) is 65.2 Å². The number of hydrogen-bond acceptors (Lipinski definition) is 2. The van der Waals surface area contributed by atoms with E-state index in [1.54, 1.807) is 0 Å². The summed E-state index contributed by atoms with van der Waals surface area (Å²) in [5, 5.41) is 4.79. The molecule has 0 aliphatic heterocycles. The molecule has 0 saturated heterocycles. The molecule has 0 unspecified atom stereocenters. The fourth-order valence-electron chi connectivity index (χ4n) is 4.95. The summed E-state index contributed by atoms with van der Waals surface area (Å²) in [5.74, 6) is 0.496. The average Bonchev–Trinajstić information content (AvgIpc) is 3.11. The number of rotatable bonds is 2. The third kappa shape index (κ3) is 2.74. The molecule has 2 heterocycles. The molecule has 0 fully saturated rings. The Labute approximate surface area is 176 Å². The van der Waals surface area contributed by atoms with Crippen LogP contribution in [0.25, 0.3) is 44.0 Å². The number of aromatic nitrogens is 1. The molecular formula is C28H25NO. The van der Waals surface area contributed by atoms with Gasteiger partial charge in [0.2, 0.25) is 0 Å². The first kappa shape index (κ1) is 17.7. The molecule has 3 aromatic carbocycles. The van der Waals surface area contributed by atoms with Crippen molar-refractivity contribution in [3.05, 3.63) is 77.5 Å². The van der Waals surface area contributed by atoms with E-state index in [1.165, 1.54) is 69.5 Å². The number of hydrogen-bond donors (Lipinski definition) is 0. The third-order valence-electron chi connectivity index (χ3n) is 6.65. The highest BCUT2D eigenvalue weighted by Crippen LogP contribution is 2.38. The van der Waals surface area contributed by atoms with Crippen LogP contribution in [-0.4, -0.2) is 4.98 Å². The molecule has 1 aliphatic carbocycles. The molecule has 2 aromatic heterocycles. The maximum Gasteiger partial charge on any atom is 0.136 e. The van der Waals surface area contributed by atoms with E-state index in [9.17, 15) is 0 Å². The minimum absolute atomic E-state index is 0.496. The number of pyridine rings is 1. The normalized spacial score (nSPS) is 14.1. The Morgan fingerprint density at radius 1 is 0.800 bits per heavy atom. The third-order valence-corrected chi connectivity index (χ3v) is 6.65. The number of nitrogens with zero attached hydrogens (tertiary/aromatic N) is 1. The van der Waals surface area contributed by atoms with Gasteiger partial charge < -0.3 is 4.42 Å². The van der Waals surface area contributed by atoms with E-state index in [0.29, 0.717) is 5.92 Å². The van der Waals surface area contributed by atoms with Crippen LogP contribution in [0, 0.1) is 0 Å². The van der Waals surface area contributed by atoms with Crippen LogP contribution in [0.5, 0.6) is 0 Å². The first-order chi connectivity index (χ1) is 14.7. The minimum atomic E-state index is 0.496. The van der Waals surface area contributed by atoms with Crippen LogP contribution in [0.4, 0.5) is 0 Å². The summed E-state index contributed by atoms with van der Waals surface area (Å²) < 4.78 is 6.30. The van der Waals surface area contributed by atoms with Crippen molar-refractivity contribution in [1.29, 1.82) is 0 Å². The molecule has 0 atom stereocenters. The lowest BCUT2D eigenvalue weighted by Gasteiger charge is -2.14. The van der Waals surface area contributed by atoms with Gasteiger partial charge in [-0.15, -0.1) is 0 Å². The number of fused-ring (bicyclic) bond motifs is 5. The Hall–Kier alpha value is -3.13. The SMILES string of the molecule is CC(C)c1cccc(-c2nccc3cc4oc5cc6c(cc5c4cc23)CCCC6)c1. The predicted octanol–water partition coefficient (Wildman–Crippen LogP) is 7.80. The van der Waals surface area contributed by atoms with E-state index >= 15 is 0 Å². The van der Waals surface area contributed by atoms with Crippen LogP contribution in [0.3, 0.4) is 0 Å². The van der Waals surface area contributed by atoms with Gasteiger partial charge in [0.25, 0.3) is 0 Å². The van der Waals surface area contributed by atoms with Gasteiger partial charge in [-0.3, -0.25) is 4.98 Å². The van der Waals surface area contributed by atoms with Gasteiger partial charge in [0, 0.05) is 27.9 Å². The molecule has 0 spiro atoms. The summed E-state index contributed by atoms with van der Waals surface area (Å²) in [4.78, 5) is 4.79. The highest BCUT2D eigenvalue weighted by atomic mass is 16.3. The Morgan fingerprint density at radius 3 is 2.40 bits per heavy atom.